The molecule has 0 radical (unpaired) electrons. The molecule has 7 aromatic rings. The predicted octanol–water partition coefficient (Wildman–Crippen LogP) is 10.8. The summed E-state index contributed by atoms with van der Waals surface area (Å²) in [5, 5.41) is 32.6. The number of rotatable bonds is 28. The number of unbranched alkanes of at least 4 members (excludes halogenated alkanes) is 4. The first kappa shape index (κ1) is 104. The third-order valence-corrected chi connectivity index (χ3v) is 22.5. The number of quaternary nitrogens is 1. The summed E-state index contributed by atoms with van der Waals surface area (Å²) in [6.07, 6.45) is 25.9. The van der Waals surface area contributed by atoms with E-state index < -0.39 is 67.4 Å². The van der Waals surface area contributed by atoms with Gasteiger partial charge in [0.25, 0.3) is 0 Å². The van der Waals surface area contributed by atoms with E-state index in [1.54, 1.807) is 9.80 Å². The molecule has 1 N–H and O–H groups in total. The number of carbonyl (C=O) groups excluding carboxylic acids is 5. The van der Waals surface area contributed by atoms with Gasteiger partial charge in [0, 0.05) is 32.1 Å². The van der Waals surface area contributed by atoms with Gasteiger partial charge in [-0.15, -0.1) is 0 Å². The summed E-state index contributed by atoms with van der Waals surface area (Å²) in [6, 6.07) is 15.7. The summed E-state index contributed by atoms with van der Waals surface area (Å²) in [5.41, 5.74) is 2.04. The minimum absolute atomic E-state index is 0. The molecule has 16 rings (SSSR count). The number of aromatic nitrogens is 10. The second-order valence-electron chi connectivity index (χ2n) is 29.5. The molecule has 49 heteroatoms. The Labute approximate surface area is 758 Å². The molecule has 13 heterocycles. The van der Waals surface area contributed by atoms with Crippen molar-refractivity contribution in [3.63, 3.8) is 0 Å². The molecule has 9 aliphatic rings. The molecule has 9 fully saturated rings. The molecule has 676 valence electrons. The molecule has 9 amide bonds. The van der Waals surface area contributed by atoms with Crippen molar-refractivity contribution >= 4 is 101 Å². The van der Waals surface area contributed by atoms with Gasteiger partial charge in [0.15, 0.2) is 29.1 Å². The average Bonchev–Trinajstić information content (AvgIpc) is 1.63. The largest absolute Gasteiger partial charge is 1.00 e. The fourth-order valence-corrected chi connectivity index (χ4v) is 16.7. The smallest absolute Gasteiger partial charge is 0.724 e. The maximum Gasteiger partial charge on any atom is 1.00 e. The Morgan fingerprint density at radius 2 is 0.789 bits per heavy atom. The maximum absolute atomic E-state index is 12.6. The second-order valence-corrected chi connectivity index (χ2v) is 33.7. The van der Waals surface area contributed by atoms with Crippen LogP contribution < -0.4 is 29.6 Å². The van der Waals surface area contributed by atoms with Crippen LogP contribution in [0.4, 0.5) is 24.0 Å². The molecule has 123 heavy (non-hydrogen) atoms. The van der Waals surface area contributed by atoms with Gasteiger partial charge in [-0.1, -0.05) is 162 Å². The standard InChI is InChI=1S/C16H18ClN3O3.C16H36N.C15H16N4O3.2C8H10N4O6S.C8H10N4O3.3CH4.BCl3.Na/c17-16(21)20(23-10-12-4-2-1-3-5-12)14-8-6-13(7-9-14)15-18-11-22-19-15;1-5-9-13-17(14-10-6-2,15-11-7-3)16-12-8-4;20-15-18-8-12(6-7-13(18)14-16-10-21-17-14)19(15)22-9-11-4-2-1-3-5-11;2*13-8-11-3-5(12(8)18-19(14,15)16)1-2-6(11)7-9-4-17-10-7;13-8-11-3-5(12(8)14)1-2-6(11)7-9-4-15-10-7;;;;2-1(3)4;/h1-5,11,13-14H,6-10H2;5-16H2,1-4H3;1-5,10,12-13H,6-9H2;2*4-6H,1-3H2,(H,14,15,16);4-6,14H,1-3H2;3*1H4;;/q;+1;;;;;;;;;+1/p-2/t;;12-,13+;3*5-,6+;;;;;/m..1111...../s1. The van der Waals surface area contributed by atoms with Crippen LogP contribution in [0.1, 0.15) is 249 Å². The van der Waals surface area contributed by atoms with E-state index in [0.29, 0.717) is 85.4 Å². The Morgan fingerprint density at radius 3 is 1.11 bits per heavy atom. The normalized spacial score (nSPS) is 22.2. The predicted molar refractivity (Wildman–Crippen MR) is 437 cm³/mol. The first-order valence-electron chi connectivity index (χ1n) is 39.5. The van der Waals surface area contributed by atoms with E-state index in [1.165, 1.54) is 121 Å². The number of urea groups is 4. The van der Waals surface area contributed by atoms with Crippen LogP contribution in [0.15, 0.2) is 115 Å². The summed E-state index contributed by atoms with van der Waals surface area (Å²) >= 11 is 20.1. The molecule has 2 aromatic carbocycles. The van der Waals surface area contributed by atoms with Gasteiger partial charge in [-0.2, -0.15) is 83.1 Å². The van der Waals surface area contributed by atoms with E-state index in [0.717, 1.165) is 86.2 Å². The van der Waals surface area contributed by atoms with Gasteiger partial charge < -0.3 is 55.8 Å². The van der Waals surface area contributed by atoms with Gasteiger partial charge in [0.05, 0.1) is 80.6 Å². The summed E-state index contributed by atoms with van der Waals surface area (Å²) < 4.78 is 96.9. The van der Waals surface area contributed by atoms with Crippen molar-refractivity contribution in [2.45, 2.75) is 252 Å². The fraction of sp³-hybridized carbons (Fsp3) is 0.635. The van der Waals surface area contributed by atoms with Gasteiger partial charge >= 0.3 is 64.0 Å². The molecular formula is C74H110BCl4N20NaO21S2. The topological polar surface area (TPSA) is 481 Å². The molecule has 0 spiro atoms. The number of halogens is 4. The van der Waals surface area contributed by atoms with Crippen LogP contribution in [-0.2, 0) is 52.3 Å². The number of carbonyl (C=O) groups is 5. The van der Waals surface area contributed by atoms with Gasteiger partial charge in [0.2, 0.25) is 52.8 Å². The number of nitrogens with zero attached hydrogens (tertiary/aromatic N) is 20. The van der Waals surface area contributed by atoms with E-state index in [2.05, 4.69) is 101 Å². The minimum Gasteiger partial charge on any atom is -0.724 e. The molecule has 1 aliphatic carbocycles. The molecule has 41 nitrogen and oxygen atoms in total. The van der Waals surface area contributed by atoms with Crippen LogP contribution in [0.25, 0.3) is 0 Å². The third kappa shape index (κ3) is 29.5. The van der Waals surface area contributed by atoms with Crippen molar-refractivity contribution in [1.29, 1.82) is 0 Å². The number of fused-ring (bicyclic) bond motifs is 8. The van der Waals surface area contributed by atoms with Gasteiger partial charge in [-0.3, -0.25) is 19.7 Å². The van der Waals surface area contributed by atoms with Crippen molar-refractivity contribution < 1.29 is 130 Å². The molecule has 8 aliphatic heterocycles. The van der Waals surface area contributed by atoms with Gasteiger partial charge in [-0.05, 0) is 125 Å². The van der Waals surface area contributed by atoms with Gasteiger partial charge in [0.1, 0.15) is 13.2 Å². The molecule has 8 bridgehead atoms. The van der Waals surface area contributed by atoms with Crippen LogP contribution in [0.5, 0.6) is 0 Å². The second kappa shape index (κ2) is 50.7. The maximum atomic E-state index is 12.6. The van der Waals surface area contributed by atoms with Crippen molar-refractivity contribution in [1.82, 2.24) is 95.6 Å². The molecule has 5 aromatic heterocycles. The zero-order valence-electron chi connectivity index (χ0n) is 67.1. The Balaban J connectivity index is 0.000000226. The molecular weight excluding hydrogens is 1740 g/mol. The van der Waals surface area contributed by atoms with Crippen LogP contribution in [0.3, 0.4) is 0 Å². The van der Waals surface area contributed by atoms with Crippen LogP contribution in [0, 0.1) is 0 Å². The summed E-state index contributed by atoms with van der Waals surface area (Å²) in [5.74, 6) is 2.77. The number of hydroxylamine groups is 10. The van der Waals surface area contributed by atoms with Crippen molar-refractivity contribution in [3.05, 3.63) is 133 Å². The number of amides is 9. The fourth-order valence-electron chi connectivity index (χ4n) is 15.8. The zero-order chi connectivity index (χ0) is 85.2. The Bertz CT molecular complexity index is 4310. The molecule has 8 saturated heterocycles. The first-order valence-corrected chi connectivity index (χ1v) is 43.9. The van der Waals surface area contributed by atoms with E-state index in [1.807, 2.05) is 60.7 Å². The van der Waals surface area contributed by atoms with E-state index in [4.69, 9.17) is 64.7 Å². The Morgan fingerprint density at radius 1 is 0.480 bits per heavy atom. The number of piperidine rings is 4. The molecule has 8 atom stereocenters. The Hall–Kier alpha value is -7.51. The van der Waals surface area contributed by atoms with E-state index >= 15 is 0 Å². The van der Waals surface area contributed by atoms with Crippen LogP contribution in [-0.4, -0.2) is 248 Å². The minimum atomic E-state index is -4.97. The monoisotopic (exact) mass is 1850 g/mol. The van der Waals surface area contributed by atoms with E-state index in [-0.39, 0.29) is 113 Å². The van der Waals surface area contributed by atoms with Crippen LogP contribution in [0.2, 0.25) is 0 Å². The SMILES string of the molecule is C.C.C.CCCC[N+](CCCC)(CCCC)CCCC.ClB(Cl)Cl.O=C(Cl)N(OCc1ccccc1)C1CCC(c2ncon2)CC1.O=C1N(O)[C@@H]2CC[C@@H](c3ncon3)N1C2.O=C1N2C[C@@H](CC[C@H]2c2ncon2)N1OCc1ccccc1.O=C1N2C[C@@H](CC[C@H]2c2ncon2)N1OS(=O)(=O)[O-].O=C1N2C[C@@H](CC[C@H]2c2ncon2)N1OS(=O)(=O)[O-].[Na+]. The average molecular weight is 1860 g/mol. The zero-order valence-corrected chi connectivity index (χ0v) is 73.8. The Kier molecular flexibility index (Phi) is 43.0. The quantitative estimate of drug-likeness (QED) is 0.00695. The number of benzene rings is 2. The van der Waals surface area contributed by atoms with Crippen LogP contribution >= 0.6 is 46.0 Å². The molecule has 0 unspecified atom stereocenters. The number of hydrogen-bond donors (Lipinski definition) is 1. The summed E-state index contributed by atoms with van der Waals surface area (Å²) in [7, 11) is -9.94. The van der Waals surface area contributed by atoms with Crippen molar-refractivity contribution in [3.8, 4) is 0 Å². The van der Waals surface area contributed by atoms with Crippen molar-refractivity contribution in [2.24, 2.45) is 0 Å². The van der Waals surface area contributed by atoms with Gasteiger partial charge in [-0.25, -0.2) is 46.1 Å². The number of hydrogen-bond acceptors (Lipinski definition) is 31. The summed E-state index contributed by atoms with van der Waals surface area (Å²) in [4.78, 5) is 96.5. The van der Waals surface area contributed by atoms with Crippen molar-refractivity contribution in [2.75, 3.05) is 52.4 Å². The first-order chi connectivity index (χ1) is 57.2. The summed E-state index contributed by atoms with van der Waals surface area (Å²) in [6.45, 7) is 17.4. The third-order valence-electron chi connectivity index (χ3n) is 21.7. The van der Waals surface area contributed by atoms with E-state index in [9.17, 15) is 55.1 Å². The molecule has 1 saturated carbocycles.